The van der Waals surface area contributed by atoms with Gasteiger partial charge in [0.15, 0.2) is 0 Å². The molecule has 21 heavy (non-hydrogen) atoms. The number of fused-ring (bicyclic) bond motifs is 1. The largest absolute Gasteiger partial charge is 0.313 e. The molecule has 0 amide bonds. The Hall–Kier alpha value is -2.20. The molecule has 0 atom stereocenters. The van der Waals surface area contributed by atoms with Crippen molar-refractivity contribution in [2.24, 2.45) is 0 Å². The molecule has 0 saturated heterocycles. The van der Waals surface area contributed by atoms with Crippen LogP contribution in [0.15, 0.2) is 48.8 Å². The van der Waals surface area contributed by atoms with Gasteiger partial charge in [0.1, 0.15) is 12.1 Å². The maximum atomic E-state index is 13.6. The van der Waals surface area contributed by atoms with E-state index in [9.17, 15) is 4.39 Å². The lowest BCUT2D eigenvalue weighted by molar-refractivity contribution is 0.618. The summed E-state index contributed by atoms with van der Waals surface area (Å²) in [5, 5.41) is 3.33. The van der Waals surface area contributed by atoms with Gasteiger partial charge in [-0.15, -0.1) is 0 Å². The van der Waals surface area contributed by atoms with Crippen LogP contribution in [0, 0.1) is 5.82 Å². The average Bonchev–Trinajstić information content (AvgIpc) is 2.92. The Kier molecular flexibility index (Phi) is 3.97. The van der Waals surface area contributed by atoms with Crippen molar-refractivity contribution in [2.75, 3.05) is 6.54 Å². The standard InChI is InChI=1S/C17H18FN3/c1-2-9-19-11-13-10-14(18)7-8-16(13)21-12-20-15-5-3-4-6-17(15)21/h3-8,10,12,19H,2,9,11H2,1H3. The van der Waals surface area contributed by atoms with Gasteiger partial charge in [-0.3, -0.25) is 4.57 Å². The van der Waals surface area contributed by atoms with Gasteiger partial charge in [0.2, 0.25) is 0 Å². The molecule has 1 N–H and O–H groups in total. The summed E-state index contributed by atoms with van der Waals surface area (Å²) in [4.78, 5) is 4.40. The van der Waals surface area contributed by atoms with Crippen LogP contribution in [0.2, 0.25) is 0 Å². The van der Waals surface area contributed by atoms with Crippen molar-refractivity contribution in [3.8, 4) is 5.69 Å². The molecule has 0 spiro atoms. The zero-order valence-corrected chi connectivity index (χ0v) is 12.0. The lowest BCUT2D eigenvalue weighted by atomic mass is 10.1. The molecule has 1 heterocycles. The Bertz CT molecular complexity index is 749. The number of imidazole rings is 1. The molecule has 2 aromatic carbocycles. The van der Waals surface area contributed by atoms with E-state index in [1.807, 2.05) is 34.9 Å². The minimum atomic E-state index is -0.212. The van der Waals surface area contributed by atoms with Gasteiger partial charge < -0.3 is 5.32 Å². The summed E-state index contributed by atoms with van der Waals surface area (Å²) in [6.45, 7) is 3.68. The molecule has 3 aromatic rings. The molecule has 0 fully saturated rings. The van der Waals surface area contributed by atoms with E-state index in [2.05, 4.69) is 17.2 Å². The van der Waals surface area contributed by atoms with Crippen LogP contribution in [-0.4, -0.2) is 16.1 Å². The van der Waals surface area contributed by atoms with Crippen molar-refractivity contribution in [1.29, 1.82) is 0 Å². The molecular weight excluding hydrogens is 265 g/mol. The van der Waals surface area contributed by atoms with Crippen LogP contribution >= 0.6 is 0 Å². The van der Waals surface area contributed by atoms with Crippen LogP contribution in [-0.2, 0) is 6.54 Å². The van der Waals surface area contributed by atoms with Crippen LogP contribution in [0.4, 0.5) is 4.39 Å². The summed E-state index contributed by atoms with van der Waals surface area (Å²) in [6.07, 6.45) is 2.85. The third kappa shape index (κ3) is 2.81. The van der Waals surface area contributed by atoms with Gasteiger partial charge in [0.05, 0.1) is 16.7 Å². The Morgan fingerprint density at radius 1 is 1.19 bits per heavy atom. The van der Waals surface area contributed by atoms with Gasteiger partial charge >= 0.3 is 0 Å². The smallest absolute Gasteiger partial charge is 0.123 e. The first-order chi connectivity index (χ1) is 10.3. The van der Waals surface area contributed by atoms with E-state index in [0.717, 1.165) is 35.2 Å². The summed E-state index contributed by atoms with van der Waals surface area (Å²) < 4.78 is 15.6. The lowest BCUT2D eigenvalue weighted by Crippen LogP contribution is -2.15. The molecule has 0 radical (unpaired) electrons. The highest BCUT2D eigenvalue weighted by atomic mass is 19.1. The molecule has 0 saturated carbocycles. The van der Waals surface area contributed by atoms with E-state index in [4.69, 9.17) is 0 Å². The van der Waals surface area contributed by atoms with E-state index in [1.165, 1.54) is 6.07 Å². The maximum absolute atomic E-state index is 13.6. The Morgan fingerprint density at radius 3 is 2.90 bits per heavy atom. The first-order valence-electron chi connectivity index (χ1n) is 7.21. The van der Waals surface area contributed by atoms with Gasteiger partial charge in [0, 0.05) is 6.54 Å². The number of benzene rings is 2. The SMILES string of the molecule is CCCNCc1cc(F)ccc1-n1cnc2ccccc21. The monoisotopic (exact) mass is 283 g/mol. The quantitative estimate of drug-likeness (QED) is 0.724. The molecular formula is C17H18FN3. The van der Waals surface area contributed by atoms with Gasteiger partial charge in [-0.25, -0.2) is 9.37 Å². The van der Waals surface area contributed by atoms with Crippen LogP contribution in [0.1, 0.15) is 18.9 Å². The first kappa shape index (κ1) is 13.8. The normalized spacial score (nSPS) is 11.1. The molecule has 4 heteroatoms. The van der Waals surface area contributed by atoms with Gasteiger partial charge in [0.25, 0.3) is 0 Å². The van der Waals surface area contributed by atoms with E-state index < -0.39 is 0 Å². The number of hydrogen-bond acceptors (Lipinski definition) is 2. The van der Waals surface area contributed by atoms with Crippen LogP contribution in [0.5, 0.6) is 0 Å². The topological polar surface area (TPSA) is 29.9 Å². The van der Waals surface area contributed by atoms with Crippen LogP contribution in [0.25, 0.3) is 16.7 Å². The second-order valence-corrected chi connectivity index (χ2v) is 5.05. The predicted molar refractivity (Wildman–Crippen MR) is 83.0 cm³/mol. The Morgan fingerprint density at radius 2 is 2.05 bits per heavy atom. The fourth-order valence-corrected chi connectivity index (χ4v) is 2.48. The molecule has 3 nitrogen and oxygen atoms in total. The number of para-hydroxylation sites is 2. The van der Waals surface area contributed by atoms with Gasteiger partial charge in [-0.1, -0.05) is 19.1 Å². The predicted octanol–water partition coefficient (Wildman–Crippen LogP) is 3.66. The number of aromatic nitrogens is 2. The van der Waals surface area contributed by atoms with Crippen LogP contribution in [0.3, 0.4) is 0 Å². The number of rotatable bonds is 5. The second-order valence-electron chi connectivity index (χ2n) is 5.05. The van der Waals surface area contributed by atoms with E-state index in [-0.39, 0.29) is 5.82 Å². The molecule has 1 aromatic heterocycles. The van der Waals surface area contributed by atoms with Crippen molar-refractivity contribution in [3.63, 3.8) is 0 Å². The molecule has 3 rings (SSSR count). The molecule has 0 aliphatic carbocycles. The second kappa shape index (κ2) is 6.06. The number of nitrogens with zero attached hydrogens (tertiary/aromatic N) is 2. The summed E-state index contributed by atoms with van der Waals surface area (Å²) in [5.41, 5.74) is 3.87. The van der Waals surface area contributed by atoms with Crippen molar-refractivity contribution in [2.45, 2.75) is 19.9 Å². The summed E-state index contributed by atoms with van der Waals surface area (Å²) >= 11 is 0. The van der Waals surface area contributed by atoms with Gasteiger partial charge in [-0.05, 0) is 48.9 Å². The molecule has 0 aliphatic rings. The minimum absolute atomic E-state index is 0.212. The highest BCUT2D eigenvalue weighted by Gasteiger charge is 2.09. The molecule has 108 valence electrons. The zero-order chi connectivity index (χ0) is 14.7. The highest BCUT2D eigenvalue weighted by molar-refractivity contribution is 5.77. The maximum Gasteiger partial charge on any atom is 0.123 e. The third-order valence-corrected chi connectivity index (χ3v) is 3.50. The number of nitrogens with one attached hydrogen (secondary N) is 1. The Balaban J connectivity index is 2.04. The van der Waals surface area contributed by atoms with Crippen molar-refractivity contribution >= 4 is 11.0 Å². The molecule has 0 unspecified atom stereocenters. The summed E-state index contributed by atoms with van der Waals surface area (Å²) in [5.74, 6) is -0.212. The summed E-state index contributed by atoms with van der Waals surface area (Å²) in [6, 6.07) is 12.8. The van der Waals surface area contributed by atoms with E-state index in [1.54, 1.807) is 12.4 Å². The van der Waals surface area contributed by atoms with E-state index in [0.29, 0.717) is 6.54 Å². The molecule has 0 bridgehead atoms. The highest BCUT2D eigenvalue weighted by Crippen LogP contribution is 2.22. The molecule has 0 aliphatic heterocycles. The lowest BCUT2D eigenvalue weighted by Gasteiger charge is -2.12. The van der Waals surface area contributed by atoms with Crippen molar-refractivity contribution in [1.82, 2.24) is 14.9 Å². The van der Waals surface area contributed by atoms with Crippen LogP contribution < -0.4 is 5.32 Å². The van der Waals surface area contributed by atoms with Crippen molar-refractivity contribution < 1.29 is 4.39 Å². The summed E-state index contributed by atoms with van der Waals surface area (Å²) in [7, 11) is 0. The fraction of sp³-hybridized carbons (Fsp3) is 0.235. The van der Waals surface area contributed by atoms with Gasteiger partial charge in [-0.2, -0.15) is 0 Å². The Labute approximate surface area is 123 Å². The number of hydrogen-bond donors (Lipinski definition) is 1. The average molecular weight is 283 g/mol. The van der Waals surface area contributed by atoms with Crippen molar-refractivity contribution in [3.05, 3.63) is 60.2 Å². The fourth-order valence-electron chi connectivity index (χ4n) is 2.48. The van der Waals surface area contributed by atoms with E-state index >= 15 is 0 Å². The first-order valence-corrected chi connectivity index (χ1v) is 7.21. The zero-order valence-electron chi connectivity index (χ0n) is 12.0. The third-order valence-electron chi connectivity index (χ3n) is 3.50. The minimum Gasteiger partial charge on any atom is -0.313 e. The number of halogens is 1.